The number of aliphatic hydroxyl groups is 1. The number of carbonyl (C=O) groups excluding carboxylic acids is 1. The standard InChI is InChI=1S/C32H39ClN2O5S/c1-2-25-7-3-4-8-29(36)26-12-9-23(26)18-35-19-32(15-5-6-21-16-24(33)11-13-27(21)32)20-40-30-14-10-22(17-28(30)35)31(37)34-41(25,38)39/h3,7,10-11,13-14,16-17,23,25-26,29,36H,2,4-6,8-9,12,15,18-20H2,1H3,(H,34,37)/b7-3+/t23-,25-,26+,29-,32-/m0/s1. The zero-order valence-corrected chi connectivity index (χ0v) is 25.1. The van der Waals surface area contributed by atoms with Gasteiger partial charge in [-0.3, -0.25) is 4.79 Å². The lowest BCUT2D eigenvalue weighted by Crippen LogP contribution is -2.49. The van der Waals surface area contributed by atoms with E-state index in [-0.39, 0.29) is 16.9 Å². The van der Waals surface area contributed by atoms with Crippen molar-refractivity contribution in [2.75, 3.05) is 24.6 Å². The zero-order valence-electron chi connectivity index (χ0n) is 23.5. The van der Waals surface area contributed by atoms with Crippen molar-refractivity contribution in [3.05, 3.63) is 70.3 Å². The average Bonchev–Trinajstić information content (AvgIpc) is 3.07. The van der Waals surface area contributed by atoms with Crippen molar-refractivity contribution in [3.8, 4) is 5.75 Å². The third kappa shape index (κ3) is 5.51. The van der Waals surface area contributed by atoms with Gasteiger partial charge in [-0.05, 0) is 105 Å². The third-order valence-corrected chi connectivity index (χ3v) is 11.7. The third-order valence-electron chi connectivity index (χ3n) is 9.74. The van der Waals surface area contributed by atoms with E-state index in [0.717, 1.165) is 49.4 Å². The van der Waals surface area contributed by atoms with Crippen molar-refractivity contribution in [2.24, 2.45) is 11.8 Å². The second kappa shape index (κ2) is 11.3. The molecule has 2 N–H and O–H groups in total. The molecule has 2 aromatic carbocycles. The van der Waals surface area contributed by atoms with Gasteiger partial charge >= 0.3 is 0 Å². The van der Waals surface area contributed by atoms with E-state index < -0.39 is 27.3 Å². The van der Waals surface area contributed by atoms with Crippen LogP contribution in [0.25, 0.3) is 0 Å². The smallest absolute Gasteiger partial charge is 0.264 e. The number of rotatable bonds is 1. The molecule has 2 aliphatic heterocycles. The molecule has 2 aromatic rings. The van der Waals surface area contributed by atoms with Gasteiger partial charge in [-0.15, -0.1) is 0 Å². The average molecular weight is 599 g/mol. The van der Waals surface area contributed by atoms with Crippen LogP contribution in [0.5, 0.6) is 5.75 Å². The summed E-state index contributed by atoms with van der Waals surface area (Å²) in [6, 6.07) is 11.4. The zero-order chi connectivity index (χ0) is 28.8. The van der Waals surface area contributed by atoms with Gasteiger partial charge in [0.15, 0.2) is 0 Å². The summed E-state index contributed by atoms with van der Waals surface area (Å²) in [6.07, 6.45) is 9.55. The van der Waals surface area contributed by atoms with Crippen LogP contribution in [-0.4, -0.2) is 50.5 Å². The number of aliphatic hydroxyl groups excluding tert-OH is 1. The van der Waals surface area contributed by atoms with Crippen molar-refractivity contribution in [3.63, 3.8) is 0 Å². The van der Waals surface area contributed by atoms with Crippen LogP contribution in [0.15, 0.2) is 48.6 Å². The normalized spacial score (nSPS) is 32.0. The highest BCUT2D eigenvalue weighted by atomic mass is 35.5. The highest BCUT2D eigenvalue weighted by molar-refractivity contribution is 7.90. The summed E-state index contributed by atoms with van der Waals surface area (Å²) in [4.78, 5) is 15.6. The number of hydrogen-bond donors (Lipinski definition) is 2. The molecule has 9 heteroatoms. The molecule has 0 saturated heterocycles. The quantitative estimate of drug-likeness (QED) is 0.428. The lowest BCUT2D eigenvalue weighted by atomic mass is 9.68. The Hall–Kier alpha value is -2.55. The lowest BCUT2D eigenvalue weighted by Gasteiger charge is -2.45. The first-order valence-electron chi connectivity index (χ1n) is 14.9. The number of anilines is 1. The molecule has 220 valence electrons. The molecule has 0 radical (unpaired) electrons. The number of benzene rings is 2. The number of fused-ring (bicyclic) bond motifs is 4. The van der Waals surface area contributed by atoms with Crippen LogP contribution in [0.1, 0.15) is 73.4 Å². The minimum Gasteiger partial charge on any atom is -0.490 e. The molecule has 0 unspecified atom stereocenters. The second-order valence-electron chi connectivity index (χ2n) is 12.3. The molecule has 1 amide bonds. The highest BCUT2D eigenvalue weighted by Crippen LogP contribution is 2.47. The SMILES string of the molecule is CC[C@H]1/C=C/CC[C@H](O)[C@@H]2CC[C@H]2CN2C[C@@]3(CCCc4cc(Cl)ccc43)COc3ccc(cc32)C(=O)NS1(=O)=O. The van der Waals surface area contributed by atoms with Gasteiger partial charge in [0.2, 0.25) is 10.0 Å². The first kappa shape index (κ1) is 28.6. The monoisotopic (exact) mass is 598 g/mol. The number of nitrogens with one attached hydrogen (secondary N) is 1. The van der Waals surface area contributed by atoms with Crippen molar-refractivity contribution < 1.29 is 23.1 Å². The molecule has 0 aromatic heterocycles. The Labute approximate surface area is 248 Å². The molecule has 1 spiro atoms. The molecule has 2 bridgehead atoms. The van der Waals surface area contributed by atoms with E-state index in [1.165, 1.54) is 11.1 Å². The van der Waals surface area contributed by atoms with Gasteiger partial charge in [0, 0.05) is 29.1 Å². The summed E-state index contributed by atoms with van der Waals surface area (Å²) in [7, 11) is -3.93. The molecule has 2 aliphatic carbocycles. The maximum Gasteiger partial charge on any atom is 0.264 e. The lowest BCUT2D eigenvalue weighted by molar-refractivity contribution is 0.0111. The molecule has 5 atom stereocenters. The van der Waals surface area contributed by atoms with Crippen molar-refractivity contribution in [2.45, 2.75) is 75.1 Å². The summed E-state index contributed by atoms with van der Waals surface area (Å²) in [5.41, 5.74) is 3.35. The second-order valence-corrected chi connectivity index (χ2v) is 14.6. The number of ether oxygens (including phenoxy) is 1. The van der Waals surface area contributed by atoms with Crippen LogP contribution in [0.2, 0.25) is 5.02 Å². The van der Waals surface area contributed by atoms with E-state index in [4.69, 9.17) is 16.3 Å². The summed E-state index contributed by atoms with van der Waals surface area (Å²) in [5, 5.41) is 11.0. The number of halogens is 1. The van der Waals surface area contributed by atoms with Crippen LogP contribution in [0.4, 0.5) is 5.69 Å². The van der Waals surface area contributed by atoms with Crippen molar-refractivity contribution >= 4 is 33.2 Å². The first-order valence-corrected chi connectivity index (χ1v) is 16.8. The first-order chi connectivity index (χ1) is 19.7. The summed E-state index contributed by atoms with van der Waals surface area (Å²) in [6.45, 7) is 3.74. The van der Waals surface area contributed by atoms with Crippen LogP contribution in [0.3, 0.4) is 0 Å². The molecule has 2 heterocycles. The Morgan fingerprint density at radius 1 is 1.17 bits per heavy atom. The van der Waals surface area contributed by atoms with Gasteiger partial charge in [-0.25, -0.2) is 13.1 Å². The molecule has 6 rings (SSSR count). The largest absolute Gasteiger partial charge is 0.490 e. The fourth-order valence-corrected chi connectivity index (χ4v) is 8.80. The van der Waals surface area contributed by atoms with E-state index in [9.17, 15) is 18.3 Å². The molecule has 4 aliphatic rings. The van der Waals surface area contributed by atoms with E-state index in [2.05, 4.69) is 21.8 Å². The minimum absolute atomic E-state index is 0.189. The molecule has 1 fully saturated rings. The summed E-state index contributed by atoms with van der Waals surface area (Å²) >= 11 is 6.38. The Bertz CT molecular complexity index is 1460. The van der Waals surface area contributed by atoms with Crippen LogP contribution in [0, 0.1) is 11.8 Å². The Balaban J connectivity index is 1.42. The predicted molar refractivity (Wildman–Crippen MR) is 161 cm³/mol. The van der Waals surface area contributed by atoms with Gasteiger partial charge in [0.05, 0.1) is 23.6 Å². The van der Waals surface area contributed by atoms with E-state index in [1.54, 1.807) is 31.2 Å². The minimum atomic E-state index is -3.93. The molecular weight excluding hydrogens is 560 g/mol. The van der Waals surface area contributed by atoms with Gasteiger partial charge < -0.3 is 14.7 Å². The summed E-state index contributed by atoms with van der Waals surface area (Å²) < 4.78 is 35.1. The fourth-order valence-electron chi connectivity index (χ4n) is 7.32. The van der Waals surface area contributed by atoms with E-state index >= 15 is 0 Å². The van der Waals surface area contributed by atoms with Gasteiger partial charge in [-0.2, -0.15) is 0 Å². The number of nitrogens with zero attached hydrogens (tertiary/aromatic N) is 1. The Morgan fingerprint density at radius 2 is 2.02 bits per heavy atom. The van der Waals surface area contributed by atoms with Gasteiger partial charge in [0.25, 0.3) is 5.91 Å². The van der Waals surface area contributed by atoms with E-state index in [1.807, 2.05) is 12.1 Å². The van der Waals surface area contributed by atoms with Crippen LogP contribution in [-0.2, 0) is 21.9 Å². The topological polar surface area (TPSA) is 95.9 Å². The molecule has 7 nitrogen and oxygen atoms in total. The highest BCUT2D eigenvalue weighted by Gasteiger charge is 2.44. The molecule has 1 saturated carbocycles. The van der Waals surface area contributed by atoms with E-state index in [0.29, 0.717) is 44.1 Å². The maximum absolute atomic E-state index is 13.3. The number of sulfonamides is 1. The van der Waals surface area contributed by atoms with Crippen LogP contribution >= 0.6 is 11.6 Å². The van der Waals surface area contributed by atoms with Crippen molar-refractivity contribution in [1.29, 1.82) is 0 Å². The van der Waals surface area contributed by atoms with Crippen LogP contribution < -0.4 is 14.4 Å². The van der Waals surface area contributed by atoms with Crippen molar-refractivity contribution in [1.82, 2.24) is 4.72 Å². The maximum atomic E-state index is 13.3. The molecule has 41 heavy (non-hydrogen) atoms. The summed E-state index contributed by atoms with van der Waals surface area (Å²) in [5.74, 6) is 0.559. The number of amides is 1. The Morgan fingerprint density at radius 3 is 2.80 bits per heavy atom. The number of hydrogen-bond acceptors (Lipinski definition) is 6. The fraction of sp³-hybridized carbons (Fsp3) is 0.531. The van der Waals surface area contributed by atoms with Gasteiger partial charge in [-0.1, -0.05) is 36.7 Å². The number of aryl methyl sites for hydroxylation is 1. The number of carbonyl (C=O) groups is 1. The Kier molecular flexibility index (Phi) is 7.85. The van der Waals surface area contributed by atoms with Gasteiger partial charge in [0.1, 0.15) is 5.75 Å². The molecular formula is C32H39ClN2O5S. The number of allylic oxidation sites excluding steroid dienone is 1. The predicted octanol–water partition coefficient (Wildman–Crippen LogP) is 5.39.